The van der Waals surface area contributed by atoms with Crippen LogP contribution in [-0.2, 0) is 15.7 Å². The summed E-state index contributed by atoms with van der Waals surface area (Å²) in [6.45, 7) is 9.60. The van der Waals surface area contributed by atoms with Gasteiger partial charge >= 0.3 is 177 Å². The number of halogens is 2. The van der Waals surface area contributed by atoms with Gasteiger partial charge in [0.2, 0.25) is 0 Å². The monoisotopic (exact) mass is 580 g/mol. The van der Waals surface area contributed by atoms with Gasteiger partial charge in [0.1, 0.15) is 0 Å². The largest absolute Gasteiger partial charge is 0.147 e. The molecule has 0 amide bonds. The molecule has 2 aromatic rings. The molecule has 0 aliphatic heterocycles. The van der Waals surface area contributed by atoms with Crippen molar-refractivity contribution in [1.82, 2.24) is 0 Å². The first kappa shape index (κ1) is 25.9. The van der Waals surface area contributed by atoms with Gasteiger partial charge in [-0.25, -0.2) is 0 Å². The second kappa shape index (κ2) is 8.89. The predicted octanol–water partition coefficient (Wildman–Crippen LogP) is 7.72. The van der Waals surface area contributed by atoms with Crippen LogP contribution < -0.4 is 0 Å². The smallest absolute Gasteiger partial charge is 0.147 e. The van der Waals surface area contributed by atoms with Crippen molar-refractivity contribution in [3.05, 3.63) is 91.8 Å². The maximum absolute atomic E-state index is 3.21. The van der Waals surface area contributed by atoms with Gasteiger partial charge in [-0.2, -0.15) is 0 Å². The molecule has 0 radical (unpaired) electrons. The molecule has 2 atom stereocenters. The average Bonchev–Trinajstić information content (AvgIpc) is 3.10. The molecule has 2 aliphatic rings. The standard InChI is InChI=1S/C13H13.C11H11.2CH3.2ClH.GeH2.Zr/c1-10-8-11(2)13(9-10)12-6-4-3-5-7-12;1-8-7-10-5-3-4-6-11(10)9(8)2;;;;;;/h3-7,9-10H,1-2H3;3-7H,1-2H3;2*1H3;2*1H;1H2;. The summed E-state index contributed by atoms with van der Waals surface area (Å²) in [7, 11) is 0. The van der Waals surface area contributed by atoms with Crippen molar-refractivity contribution < 1.29 is 15.7 Å². The minimum absolute atomic E-state index is 0. The van der Waals surface area contributed by atoms with Crippen LogP contribution >= 0.6 is 24.8 Å². The number of hydrogen-bond acceptors (Lipinski definition) is 0. The first-order valence-corrected chi connectivity index (χ1v) is 28.5. The summed E-state index contributed by atoms with van der Waals surface area (Å²) in [5.74, 6) is 0.561. The van der Waals surface area contributed by atoms with Crippen molar-refractivity contribution in [2.24, 2.45) is 5.92 Å². The Morgan fingerprint density at radius 1 is 0.800 bits per heavy atom. The Labute approximate surface area is 200 Å². The van der Waals surface area contributed by atoms with Gasteiger partial charge in [-0.05, 0) is 0 Å². The summed E-state index contributed by atoms with van der Waals surface area (Å²) in [6, 6.07) is 20.2. The molecule has 0 heterocycles. The van der Waals surface area contributed by atoms with Crippen LogP contribution in [0.15, 0.2) is 75.1 Å². The van der Waals surface area contributed by atoms with E-state index < -0.39 is 15.7 Å². The summed E-state index contributed by atoms with van der Waals surface area (Å²) in [6.07, 6.45) is 2.54. The van der Waals surface area contributed by atoms with Gasteiger partial charge in [-0.15, -0.1) is 24.8 Å². The van der Waals surface area contributed by atoms with E-state index in [0.29, 0.717) is 9.54 Å². The molecule has 160 valence electrons. The van der Waals surface area contributed by atoms with E-state index in [-0.39, 0.29) is 24.8 Å². The van der Waals surface area contributed by atoms with E-state index in [2.05, 4.69) is 97.6 Å². The molecule has 0 N–H and O–H groups in total. The van der Waals surface area contributed by atoms with Crippen molar-refractivity contribution >= 4 is 48.1 Å². The third-order valence-electron chi connectivity index (χ3n) is 7.28. The Bertz CT molecular complexity index is 1130. The maximum Gasteiger partial charge on any atom is -0.147 e. The van der Waals surface area contributed by atoms with E-state index in [1.165, 1.54) is 34.4 Å². The Hall–Kier alpha value is -0.334. The van der Waals surface area contributed by atoms with Gasteiger partial charge in [-0.1, -0.05) is 0 Å². The zero-order valence-corrected chi connectivity index (χ0v) is 26.0. The summed E-state index contributed by atoms with van der Waals surface area (Å²) in [4.78, 5) is 0. The molecular weight excluding hydrogens is 547 g/mol. The van der Waals surface area contributed by atoms with Crippen molar-refractivity contribution in [3.63, 3.8) is 0 Å². The number of rotatable bonds is 3. The summed E-state index contributed by atoms with van der Waals surface area (Å²) in [5, 5.41) is 0. The molecule has 30 heavy (non-hydrogen) atoms. The van der Waals surface area contributed by atoms with E-state index >= 15 is 0 Å². The zero-order chi connectivity index (χ0) is 20.3. The molecule has 4 heteroatoms. The summed E-state index contributed by atoms with van der Waals surface area (Å²) < 4.78 is 7.98. The van der Waals surface area contributed by atoms with Gasteiger partial charge in [0, 0.05) is 0 Å². The fraction of sp³-hybridized carbons (Fsp3) is 0.308. The summed E-state index contributed by atoms with van der Waals surface area (Å²) >= 11 is -1.76. The van der Waals surface area contributed by atoms with Crippen molar-refractivity contribution in [1.29, 1.82) is 0 Å². The minimum atomic E-state index is -3.21. The fourth-order valence-corrected chi connectivity index (χ4v) is 35.2. The molecule has 0 spiro atoms. The first-order chi connectivity index (χ1) is 13.1. The molecular formula is C26H34Cl2GeZr. The van der Waals surface area contributed by atoms with Crippen LogP contribution in [0.2, 0.25) is 9.26 Å². The second-order valence-corrected chi connectivity index (χ2v) is 53.5. The van der Waals surface area contributed by atoms with Crippen molar-refractivity contribution in [3.8, 4) is 0 Å². The molecule has 2 unspecified atom stereocenters. The predicted molar refractivity (Wildman–Crippen MR) is 139 cm³/mol. The van der Waals surface area contributed by atoms with Gasteiger partial charge in [0.25, 0.3) is 0 Å². The van der Waals surface area contributed by atoms with Gasteiger partial charge in [-0.3, -0.25) is 0 Å². The van der Waals surface area contributed by atoms with Crippen LogP contribution in [0.25, 0.3) is 11.1 Å². The number of hydrogen-bond donors (Lipinski definition) is 0. The third kappa shape index (κ3) is 3.94. The number of fused-ring (bicyclic) bond motifs is 1. The quantitative estimate of drug-likeness (QED) is 0.326. The molecule has 0 saturated heterocycles. The molecule has 0 bridgehead atoms. The normalized spacial score (nSPS) is 21.1. The van der Waals surface area contributed by atoms with Crippen LogP contribution in [-0.4, -0.2) is 12.1 Å². The Morgan fingerprint density at radius 3 is 2.00 bits per heavy atom. The Morgan fingerprint density at radius 2 is 1.37 bits per heavy atom. The fourth-order valence-electron chi connectivity index (χ4n) is 6.34. The molecule has 0 aromatic heterocycles. The van der Waals surface area contributed by atoms with E-state index in [1.807, 2.05) is 3.28 Å². The van der Waals surface area contributed by atoms with Crippen LogP contribution in [0.5, 0.6) is 0 Å². The van der Waals surface area contributed by atoms with Gasteiger partial charge < -0.3 is 0 Å². The molecule has 0 fully saturated rings. The van der Waals surface area contributed by atoms with E-state index in [1.54, 1.807) is 16.7 Å². The van der Waals surface area contributed by atoms with Crippen molar-refractivity contribution in [2.75, 3.05) is 0 Å². The Kier molecular flexibility index (Phi) is 7.69. The van der Waals surface area contributed by atoms with E-state index in [9.17, 15) is 0 Å². The van der Waals surface area contributed by atoms with E-state index in [4.69, 9.17) is 0 Å². The topological polar surface area (TPSA) is 0 Å². The molecule has 0 nitrogen and oxygen atoms in total. The average molecular weight is 581 g/mol. The third-order valence-corrected chi connectivity index (χ3v) is 29.8. The van der Waals surface area contributed by atoms with Crippen LogP contribution in [0, 0.1) is 5.92 Å². The summed E-state index contributed by atoms with van der Waals surface area (Å²) in [5.41, 5.74) is 10.7. The molecule has 2 aliphatic carbocycles. The van der Waals surface area contributed by atoms with E-state index in [0.717, 1.165) is 0 Å². The Balaban J connectivity index is 0.00000160. The van der Waals surface area contributed by atoms with Crippen LogP contribution in [0.1, 0.15) is 48.0 Å². The minimum Gasteiger partial charge on any atom is -0.147 e. The van der Waals surface area contributed by atoms with Crippen LogP contribution in [0.4, 0.5) is 0 Å². The zero-order valence-electron chi connectivity index (χ0n) is 19.0. The molecule has 4 rings (SSSR count). The second-order valence-electron chi connectivity index (χ2n) is 9.91. The SMILES string of the molecule is CC1=[C]([Zr]([CH3])([CH3])(=[GeH2])[CH]2C(C)=C(C)c3ccccc32)C(C)C=C1c1ccccc1.Cl.Cl. The number of allylic oxidation sites excluding steroid dienone is 6. The van der Waals surface area contributed by atoms with Crippen molar-refractivity contribution in [2.45, 2.75) is 40.6 Å². The molecule has 2 aromatic carbocycles. The first-order valence-electron chi connectivity index (χ1n) is 10.4. The van der Waals surface area contributed by atoms with Gasteiger partial charge in [0.15, 0.2) is 0 Å². The molecule has 0 saturated carbocycles. The maximum atomic E-state index is 2.74. The van der Waals surface area contributed by atoms with Gasteiger partial charge in [0.05, 0.1) is 0 Å². The van der Waals surface area contributed by atoms with Crippen LogP contribution in [0.3, 0.4) is 0 Å². The number of benzene rings is 2.